The van der Waals surface area contributed by atoms with E-state index >= 15 is 0 Å². The zero-order valence-corrected chi connectivity index (χ0v) is 24.4. The Labute approximate surface area is 237 Å². The first-order valence-corrected chi connectivity index (χ1v) is 15.7. The lowest BCUT2D eigenvalue weighted by Crippen LogP contribution is -2.56. The number of amides is 3. The molecule has 1 spiro atoms. The van der Waals surface area contributed by atoms with Gasteiger partial charge in [0.05, 0.1) is 23.2 Å². The molecule has 3 aliphatic rings. The van der Waals surface area contributed by atoms with Gasteiger partial charge in [0.1, 0.15) is 11.8 Å². The van der Waals surface area contributed by atoms with Crippen LogP contribution in [0.3, 0.4) is 0 Å². The molecule has 8 nitrogen and oxygen atoms in total. The van der Waals surface area contributed by atoms with E-state index in [1.165, 1.54) is 0 Å². The second-order valence-corrected chi connectivity index (χ2v) is 12.7. The number of fused-ring (bicyclic) bond motifs is 1. The van der Waals surface area contributed by atoms with E-state index in [2.05, 4.69) is 24.5 Å². The number of thioether (sulfide) groups is 1. The summed E-state index contributed by atoms with van der Waals surface area (Å²) in [5.74, 6) is -0.364. The number of carbonyl (C=O) groups is 3. The predicted molar refractivity (Wildman–Crippen MR) is 155 cm³/mol. The zero-order chi connectivity index (χ0) is 28.0. The van der Waals surface area contributed by atoms with Gasteiger partial charge in [-0.1, -0.05) is 39.5 Å². The summed E-state index contributed by atoms with van der Waals surface area (Å²) in [5, 5.41) is 15.3. The minimum atomic E-state index is -0.595. The van der Waals surface area contributed by atoms with Crippen LogP contribution >= 0.6 is 11.8 Å². The van der Waals surface area contributed by atoms with Gasteiger partial charge in [0.2, 0.25) is 17.7 Å². The van der Waals surface area contributed by atoms with E-state index in [1.807, 2.05) is 31.2 Å². The van der Waals surface area contributed by atoms with Crippen LogP contribution in [0.15, 0.2) is 24.3 Å². The van der Waals surface area contributed by atoms with Crippen molar-refractivity contribution >= 4 is 35.2 Å². The molecular weight excluding hydrogens is 514 g/mol. The summed E-state index contributed by atoms with van der Waals surface area (Å²) in [4.78, 5) is 43.4. The molecule has 9 heteroatoms. The van der Waals surface area contributed by atoms with Crippen LogP contribution in [-0.2, 0) is 14.4 Å². The highest BCUT2D eigenvalue weighted by Gasteiger charge is 2.75. The second-order valence-electron chi connectivity index (χ2n) is 11.2. The maximum Gasteiger partial charge on any atom is 0.244 e. The number of hydrogen-bond acceptors (Lipinski definition) is 6. The summed E-state index contributed by atoms with van der Waals surface area (Å²) in [5.41, 5.74) is 0.676. The number of ether oxygens (including phenoxy) is 1. The minimum Gasteiger partial charge on any atom is -0.494 e. The number of nitrogens with one attached hydrogen (secondary N) is 2. The Hall–Kier alpha value is -2.26. The van der Waals surface area contributed by atoms with Crippen molar-refractivity contribution in [3.63, 3.8) is 0 Å². The molecule has 4 rings (SSSR count). The molecule has 3 amide bonds. The molecule has 1 aromatic rings. The molecule has 3 N–H and O–H groups in total. The number of hydrogen-bond donors (Lipinski definition) is 3. The Morgan fingerprint density at radius 3 is 2.51 bits per heavy atom. The third kappa shape index (κ3) is 5.94. The van der Waals surface area contributed by atoms with Crippen LogP contribution in [0.5, 0.6) is 5.75 Å². The summed E-state index contributed by atoms with van der Waals surface area (Å²) in [6, 6.07) is 6.74. The van der Waals surface area contributed by atoms with Crippen molar-refractivity contribution in [2.24, 2.45) is 17.8 Å². The number of likely N-dealkylation sites (tertiary alicyclic amines) is 1. The third-order valence-corrected chi connectivity index (χ3v) is 10.7. The van der Waals surface area contributed by atoms with Gasteiger partial charge in [-0.3, -0.25) is 14.4 Å². The molecule has 6 atom stereocenters. The maximum absolute atomic E-state index is 14.1. The number of aliphatic hydroxyl groups is 1. The van der Waals surface area contributed by atoms with E-state index in [9.17, 15) is 14.4 Å². The van der Waals surface area contributed by atoms with E-state index in [0.29, 0.717) is 25.4 Å². The third-order valence-electron chi connectivity index (χ3n) is 8.62. The number of rotatable bonds is 15. The van der Waals surface area contributed by atoms with Crippen LogP contribution < -0.4 is 15.4 Å². The number of carbonyl (C=O) groups excluding carboxylic acids is 3. The largest absolute Gasteiger partial charge is 0.494 e. The normalized spacial score (nSPS) is 29.0. The number of nitrogens with zero attached hydrogens (tertiary/aromatic N) is 1. The standard InChI is InChI=1S/C30H45N3O5S/c1-4-6-9-16-31-28(36)26-30-20(3)19-23(39-30)24(25(30)29(37)33(26)17-10-7-8-11-18-34)27(35)32-21-12-14-22(15-13-21)38-5-2/h12-15,20,23-26,34H,4-11,16-19H2,1-3H3,(H,31,36)(H,32,35)/t20?,23-,24+,25-,26?,30?/m0/s1. The summed E-state index contributed by atoms with van der Waals surface area (Å²) in [6.45, 7) is 8.05. The van der Waals surface area contributed by atoms with Gasteiger partial charge in [-0.2, -0.15) is 0 Å². The van der Waals surface area contributed by atoms with Crippen LogP contribution in [0.2, 0.25) is 0 Å². The smallest absolute Gasteiger partial charge is 0.244 e. The van der Waals surface area contributed by atoms with Crippen molar-refractivity contribution in [1.29, 1.82) is 0 Å². The Morgan fingerprint density at radius 1 is 1.08 bits per heavy atom. The molecule has 0 aromatic heterocycles. The van der Waals surface area contributed by atoms with Crippen LogP contribution in [0.25, 0.3) is 0 Å². The lowest BCUT2D eigenvalue weighted by atomic mass is 9.66. The number of anilines is 1. The van der Waals surface area contributed by atoms with E-state index < -0.39 is 22.6 Å². The average Bonchev–Trinajstić information content (AvgIpc) is 3.51. The Balaban J connectivity index is 1.56. The second kappa shape index (κ2) is 13.4. The molecule has 2 bridgehead atoms. The van der Waals surface area contributed by atoms with Crippen LogP contribution in [0, 0.1) is 17.8 Å². The minimum absolute atomic E-state index is 0.0127. The van der Waals surface area contributed by atoms with E-state index in [-0.39, 0.29) is 35.5 Å². The Kier molecular flexibility index (Phi) is 10.2. The lowest BCUT2D eigenvalue weighted by molar-refractivity contribution is -0.139. The SMILES string of the molecule is CCCCCNC(=O)C1N(CCCCCCO)C(=O)[C@@H]2[C@H](C(=O)Nc3ccc(OCC)cc3)[C@@H]3CC(C)C12S3. The molecule has 0 saturated carbocycles. The molecule has 3 unspecified atom stereocenters. The van der Waals surface area contributed by atoms with Gasteiger partial charge in [0.15, 0.2) is 0 Å². The van der Waals surface area contributed by atoms with Crippen LogP contribution in [0.4, 0.5) is 5.69 Å². The average molecular weight is 560 g/mol. The Morgan fingerprint density at radius 2 is 1.82 bits per heavy atom. The van der Waals surface area contributed by atoms with Crippen molar-refractivity contribution in [1.82, 2.24) is 10.2 Å². The van der Waals surface area contributed by atoms with Gasteiger partial charge in [-0.05, 0) is 62.8 Å². The molecular formula is C30H45N3O5S. The molecule has 3 fully saturated rings. The fourth-order valence-corrected chi connectivity index (χ4v) is 9.24. The first-order chi connectivity index (χ1) is 18.9. The fraction of sp³-hybridized carbons (Fsp3) is 0.700. The van der Waals surface area contributed by atoms with Crippen molar-refractivity contribution in [3.8, 4) is 5.75 Å². The summed E-state index contributed by atoms with van der Waals surface area (Å²) in [6.07, 6.45) is 7.15. The van der Waals surface area contributed by atoms with Crippen molar-refractivity contribution in [2.75, 3.05) is 31.6 Å². The van der Waals surface area contributed by atoms with E-state index in [0.717, 1.165) is 57.1 Å². The molecule has 39 heavy (non-hydrogen) atoms. The van der Waals surface area contributed by atoms with Gasteiger partial charge in [-0.15, -0.1) is 11.8 Å². The Bertz CT molecular complexity index is 1000. The van der Waals surface area contributed by atoms with Gasteiger partial charge in [0, 0.05) is 30.6 Å². The predicted octanol–water partition coefficient (Wildman–Crippen LogP) is 4.22. The van der Waals surface area contributed by atoms with Crippen LogP contribution in [0.1, 0.15) is 72.1 Å². The van der Waals surface area contributed by atoms with E-state index in [1.54, 1.807) is 16.7 Å². The topological polar surface area (TPSA) is 108 Å². The number of unbranched alkanes of at least 4 members (excludes halogenated alkanes) is 5. The first-order valence-electron chi connectivity index (χ1n) is 14.8. The fourth-order valence-electron chi connectivity index (χ4n) is 6.82. The molecule has 3 aliphatic heterocycles. The van der Waals surface area contributed by atoms with Crippen molar-refractivity contribution < 1.29 is 24.2 Å². The number of aliphatic hydroxyl groups excluding tert-OH is 1. The van der Waals surface area contributed by atoms with Crippen LogP contribution in [-0.4, -0.2) is 70.1 Å². The summed E-state index contributed by atoms with van der Waals surface area (Å²) < 4.78 is 4.92. The summed E-state index contributed by atoms with van der Waals surface area (Å²) >= 11 is 1.71. The van der Waals surface area contributed by atoms with Gasteiger partial charge in [-0.25, -0.2) is 0 Å². The molecule has 0 radical (unpaired) electrons. The molecule has 216 valence electrons. The number of benzene rings is 1. The highest BCUT2D eigenvalue weighted by atomic mass is 32.2. The molecule has 1 aromatic carbocycles. The highest BCUT2D eigenvalue weighted by Crippen LogP contribution is 2.68. The molecule has 3 saturated heterocycles. The lowest BCUT2D eigenvalue weighted by Gasteiger charge is -2.38. The maximum atomic E-state index is 14.1. The quantitative estimate of drug-likeness (QED) is 0.278. The van der Waals surface area contributed by atoms with E-state index in [4.69, 9.17) is 9.84 Å². The monoisotopic (exact) mass is 559 g/mol. The van der Waals surface area contributed by atoms with Gasteiger partial charge in [0.25, 0.3) is 0 Å². The molecule has 0 aliphatic carbocycles. The van der Waals surface area contributed by atoms with Crippen molar-refractivity contribution in [2.45, 2.75) is 88.2 Å². The highest BCUT2D eigenvalue weighted by molar-refractivity contribution is 8.02. The van der Waals surface area contributed by atoms with Crippen molar-refractivity contribution in [3.05, 3.63) is 24.3 Å². The zero-order valence-electron chi connectivity index (χ0n) is 23.6. The van der Waals surface area contributed by atoms with Gasteiger partial charge < -0.3 is 25.4 Å². The molecule has 3 heterocycles. The van der Waals surface area contributed by atoms with Gasteiger partial charge >= 0.3 is 0 Å². The first kappa shape index (κ1) is 29.7. The summed E-state index contributed by atoms with van der Waals surface area (Å²) in [7, 11) is 0.